The van der Waals surface area contributed by atoms with Crippen molar-refractivity contribution in [2.75, 3.05) is 31.3 Å². The third-order valence-electron chi connectivity index (χ3n) is 5.40. The number of anilines is 1. The first-order chi connectivity index (χ1) is 14.4. The summed E-state index contributed by atoms with van der Waals surface area (Å²) in [5, 5.41) is 4.59. The van der Waals surface area contributed by atoms with Crippen molar-refractivity contribution in [3.63, 3.8) is 0 Å². The molecule has 3 aromatic heterocycles. The zero-order valence-electron chi connectivity index (χ0n) is 18.3. The van der Waals surface area contributed by atoms with Crippen LogP contribution in [0.5, 0.6) is 0 Å². The van der Waals surface area contributed by atoms with Gasteiger partial charge in [-0.15, -0.1) is 0 Å². The molecule has 0 saturated carbocycles. The minimum atomic E-state index is -1.12. The van der Waals surface area contributed by atoms with E-state index in [1.165, 1.54) is 0 Å². The van der Waals surface area contributed by atoms with Gasteiger partial charge in [0.05, 0.1) is 36.7 Å². The minimum Gasteiger partial charge on any atom is -0.377 e. The largest absolute Gasteiger partial charge is 0.377 e. The number of aromatic nitrogens is 4. The van der Waals surface area contributed by atoms with Gasteiger partial charge in [0, 0.05) is 33.0 Å². The minimum absolute atomic E-state index is 0.278. The maximum absolute atomic E-state index is 5.98. The fraction of sp³-hybridized carbons (Fsp3) is 0.500. The summed E-state index contributed by atoms with van der Waals surface area (Å²) in [6.45, 7) is 12.7. The van der Waals surface area contributed by atoms with Crippen LogP contribution in [0.2, 0.25) is 25.7 Å². The fourth-order valence-corrected chi connectivity index (χ4v) is 4.40. The number of ether oxygens (including phenoxy) is 2. The molecule has 1 aliphatic rings. The van der Waals surface area contributed by atoms with Crippen molar-refractivity contribution in [3.8, 4) is 11.3 Å². The number of hydrogen-bond donors (Lipinski definition) is 0. The Morgan fingerprint density at radius 2 is 2.13 bits per heavy atom. The molecule has 0 amide bonds. The van der Waals surface area contributed by atoms with Gasteiger partial charge in [-0.3, -0.25) is 4.98 Å². The topological polar surface area (TPSA) is 65.3 Å². The Kier molecular flexibility index (Phi) is 6.17. The maximum Gasteiger partial charge on any atom is 0.140 e. The summed E-state index contributed by atoms with van der Waals surface area (Å²) in [6, 6.07) is 9.52. The average Bonchev–Trinajstić information content (AvgIpc) is 3.14. The van der Waals surface area contributed by atoms with Crippen molar-refractivity contribution in [2.24, 2.45) is 0 Å². The molecule has 1 aliphatic heterocycles. The molecule has 8 heteroatoms. The van der Waals surface area contributed by atoms with Crippen molar-refractivity contribution in [1.82, 2.24) is 19.7 Å². The van der Waals surface area contributed by atoms with Crippen LogP contribution in [0.3, 0.4) is 0 Å². The van der Waals surface area contributed by atoms with E-state index in [4.69, 9.17) is 14.5 Å². The van der Waals surface area contributed by atoms with Gasteiger partial charge in [-0.1, -0.05) is 25.7 Å². The molecule has 1 fully saturated rings. The van der Waals surface area contributed by atoms with Gasteiger partial charge < -0.3 is 14.4 Å². The summed E-state index contributed by atoms with van der Waals surface area (Å²) in [5.74, 6) is 0.943. The SMILES string of the molecule is C[C@@H]1COCCN1c1cc(-c2ccccn2)c2c(cnn2COCC[Si](C)(C)C)n1. The molecular formula is C22H31N5O2Si. The quantitative estimate of drug-likeness (QED) is 0.421. The first-order valence-corrected chi connectivity index (χ1v) is 14.3. The highest BCUT2D eigenvalue weighted by Gasteiger charge is 2.23. The summed E-state index contributed by atoms with van der Waals surface area (Å²) >= 11 is 0. The molecule has 4 heterocycles. The highest BCUT2D eigenvalue weighted by molar-refractivity contribution is 6.76. The number of morpholine rings is 1. The van der Waals surface area contributed by atoms with E-state index >= 15 is 0 Å². The number of nitrogens with zero attached hydrogens (tertiary/aromatic N) is 5. The lowest BCUT2D eigenvalue weighted by Crippen LogP contribution is -2.44. The summed E-state index contributed by atoms with van der Waals surface area (Å²) in [4.78, 5) is 11.8. The molecule has 0 N–H and O–H groups in total. The van der Waals surface area contributed by atoms with Crippen LogP contribution in [0.25, 0.3) is 22.3 Å². The van der Waals surface area contributed by atoms with Crippen LogP contribution < -0.4 is 4.90 Å². The average molecular weight is 426 g/mol. The molecule has 0 radical (unpaired) electrons. The second-order valence-electron chi connectivity index (χ2n) is 9.09. The van der Waals surface area contributed by atoms with Gasteiger partial charge in [0.2, 0.25) is 0 Å². The third kappa shape index (κ3) is 4.71. The van der Waals surface area contributed by atoms with Crippen molar-refractivity contribution in [1.29, 1.82) is 0 Å². The van der Waals surface area contributed by atoms with Gasteiger partial charge in [-0.2, -0.15) is 5.10 Å². The van der Waals surface area contributed by atoms with Gasteiger partial charge in [-0.05, 0) is 31.2 Å². The second kappa shape index (κ2) is 8.83. The Balaban J connectivity index is 1.70. The molecule has 1 saturated heterocycles. The third-order valence-corrected chi connectivity index (χ3v) is 7.10. The normalized spacial score (nSPS) is 17.6. The zero-order chi connectivity index (χ0) is 21.1. The number of fused-ring (bicyclic) bond motifs is 1. The van der Waals surface area contributed by atoms with Gasteiger partial charge in [0.1, 0.15) is 18.1 Å². The van der Waals surface area contributed by atoms with E-state index in [1.54, 1.807) is 0 Å². The number of hydrogen-bond acceptors (Lipinski definition) is 6. The monoisotopic (exact) mass is 425 g/mol. The van der Waals surface area contributed by atoms with Crippen molar-refractivity contribution >= 4 is 24.9 Å². The van der Waals surface area contributed by atoms with Crippen LogP contribution in [0.1, 0.15) is 6.92 Å². The molecule has 0 spiro atoms. The first-order valence-electron chi connectivity index (χ1n) is 10.6. The fourth-order valence-electron chi connectivity index (χ4n) is 3.65. The molecule has 1 atom stereocenters. The highest BCUT2D eigenvalue weighted by atomic mass is 28.3. The predicted molar refractivity (Wildman–Crippen MR) is 122 cm³/mol. The lowest BCUT2D eigenvalue weighted by Gasteiger charge is -2.34. The number of rotatable bonds is 7. The standard InChI is InChI=1S/C22H31N5O2Si/c1-17-15-28-10-9-26(17)21-13-18(19-7-5-6-8-23-19)22-20(25-21)14-24-27(22)16-29-11-12-30(2,3)4/h5-8,13-14,17H,9-12,15-16H2,1-4H3/t17-/m1/s1. The summed E-state index contributed by atoms with van der Waals surface area (Å²) in [6.07, 6.45) is 3.65. The summed E-state index contributed by atoms with van der Waals surface area (Å²) < 4.78 is 13.5. The smallest absolute Gasteiger partial charge is 0.140 e. The maximum atomic E-state index is 5.98. The van der Waals surface area contributed by atoms with E-state index in [1.807, 2.05) is 35.3 Å². The lowest BCUT2D eigenvalue weighted by molar-refractivity contribution is 0.0817. The molecule has 0 aliphatic carbocycles. The molecule has 30 heavy (non-hydrogen) atoms. The molecule has 3 aromatic rings. The van der Waals surface area contributed by atoms with E-state index in [9.17, 15) is 0 Å². The summed E-state index contributed by atoms with van der Waals surface area (Å²) in [5.41, 5.74) is 3.77. The molecule has 160 valence electrons. The van der Waals surface area contributed by atoms with Crippen LogP contribution in [0.15, 0.2) is 36.7 Å². The van der Waals surface area contributed by atoms with Gasteiger partial charge in [0.25, 0.3) is 0 Å². The highest BCUT2D eigenvalue weighted by Crippen LogP contribution is 2.31. The number of pyridine rings is 2. The van der Waals surface area contributed by atoms with Crippen LogP contribution in [0, 0.1) is 0 Å². The van der Waals surface area contributed by atoms with Gasteiger partial charge in [-0.25, -0.2) is 9.67 Å². The van der Waals surface area contributed by atoms with E-state index < -0.39 is 8.07 Å². The Morgan fingerprint density at radius 1 is 1.27 bits per heavy atom. The molecule has 0 bridgehead atoms. The molecule has 4 rings (SSSR count). The van der Waals surface area contributed by atoms with E-state index in [2.05, 4.69) is 47.6 Å². The Hall–Kier alpha value is -2.29. The molecule has 0 aromatic carbocycles. The van der Waals surface area contributed by atoms with Crippen LogP contribution in [-0.2, 0) is 16.2 Å². The Bertz CT molecular complexity index is 986. The van der Waals surface area contributed by atoms with E-state index in [0.29, 0.717) is 19.9 Å². The van der Waals surface area contributed by atoms with Crippen LogP contribution in [0.4, 0.5) is 5.82 Å². The Morgan fingerprint density at radius 3 is 2.87 bits per heavy atom. The molecule has 7 nitrogen and oxygen atoms in total. The Labute approximate surface area is 179 Å². The summed E-state index contributed by atoms with van der Waals surface area (Å²) in [7, 11) is -1.12. The lowest BCUT2D eigenvalue weighted by atomic mass is 10.1. The van der Waals surface area contributed by atoms with Crippen molar-refractivity contribution in [3.05, 3.63) is 36.7 Å². The molecular weight excluding hydrogens is 394 g/mol. The first kappa shape index (κ1) is 21.0. The van der Waals surface area contributed by atoms with Gasteiger partial charge >= 0.3 is 0 Å². The van der Waals surface area contributed by atoms with Crippen molar-refractivity contribution in [2.45, 2.75) is 45.4 Å². The van der Waals surface area contributed by atoms with Crippen LogP contribution >= 0.6 is 0 Å². The van der Waals surface area contributed by atoms with Crippen LogP contribution in [-0.4, -0.2) is 60.2 Å². The van der Waals surface area contributed by atoms with E-state index in [0.717, 1.165) is 47.3 Å². The zero-order valence-corrected chi connectivity index (χ0v) is 19.3. The second-order valence-corrected chi connectivity index (χ2v) is 14.7. The van der Waals surface area contributed by atoms with E-state index in [-0.39, 0.29) is 6.04 Å². The predicted octanol–water partition coefficient (Wildman–Crippen LogP) is 4.03. The van der Waals surface area contributed by atoms with Crippen molar-refractivity contribution < 1.29 is 9.47 Å². The van der Waals surface area contributed by atoms with Gasteiger partial charge in [0.15, 0.2) is 0 Å². The molecule has 0 unspecified atom stereocenters.